The summed E-state index contributed by atoms with van der Waals surface area (Å²) in [6, 6.07) is 5.56. The van der Waals surface area contributed by atoms with Gasteiger partial charge in [0, 0.05) is 11.9 Å². The van der Waals surface area contributed by atoms with Gasteiger partial charge in [0.05, 0.1) is 13.2 Å². The second-order valence-corrected chi connectivity index (χ2v) is 8.06. The lowest BCUT2D eigenvalue weighted by atomic mass is 9.98. The van der Waals surface area contributed by atoms with Crippen molar-refractivity contribution >= 4 is 22.6 Å². The molecule has 0 spiro atoms. The number of amides is 1. The predicted molar refractivity (Wildman–Crippen MR) is 114 cm³/mol. The second kappa shape index (κ2) is 8.99. The van der Waals surface area contributed by atoms with Crippen molar-refractivity contribution in [1.82, 2.24) is 4.90 Å². The first-order valence-electron chi connectivity index (χ1n) is 10.9. The molecule has 0 bridgehead atoms. The van der Waals surface area contributed by atoms with Gasteiger partial charge in [0.25, 0.3) is 0 Å². The van der Waals surface area contributed by atoms with Gasteiger partial charge in [-0.1, -0.05) is 19.8 Å². The lowest BCUT2D eigenvalue weighted by Crippen LogP contribution is -2.45. The van der Waals surface area contributed by atoms with Crippen LogP contribution in [0.1, 0.15) is 51.0 Å². The molecule has 1 fully saturated rings. The number of hydrogen-bond donors (Lipinski definition) is 0. The zero-order valence-electron chi connectivity index (χ0n) is 17.2. The average molecular weight is 399 g/mol. The summed E-state index contributed by atoms with van der Waals surface area (Å²) in [4.78, 5) is 29.8. The molecule has 0 unspecified atom stereocenters. The molecule has 29 heavy (non-hydrogen) atoms. The summed E-state index contributed by atoms with van der Waals surface area (Å²) in [5.74, 6) is 0.765. The average Bonchev–Trinajstić information content (AvgIpc) is 3.00. The molecule has 0 radical (unpaired) electrons. The monoisotopic (exact) mass is 398 g/mol. The van der Waals surface area contributed by atoms with Gasteiger partial charge in [0.2, 0.25) is 5.91 Å². The van der Waals surface area contributed by atoms with E-state index in [1.54, 1.807) is 11.0 Å². The Morgan fingerprint density at radius 2 is 1.90 bits per heavy atom. The van der Waals surface area contributed by atoms with Crippen molar-refractivity contribution in [2.75, 3.05) is 37.7 Å². The minimum atomic E-state index is -0.418. The fraction of sp³-hybridized carbons (Fsp3) is 0.565. The normalized spacial score (nSPS) is 17.8. The van der Waals surface area contributed by atoms with Gasteiger partial charge in [-0.25, -0.2) is 4.79 Å². The molecule has 6 nitrogen and oxygen atoms in total. The molecular formula is C23H30N2O4. The van der Waals surface area contributed by atoms with Crippen LogP contribution in [0.5, 0.6) is 5.75 Å². The van der Waals surface area contributed by atoms with E-state index in [2.05, 4.69) is 11.8 Å². The van der Waals surface area contributed by atoms with Gasteiger partial charge in [-0.05, 0) is 69.0 Å². The number of likely N-dealkylation sites (tertiary alicyclic amines) is 1. The molecule has 2 aliphatic heterocycles. The lowest BCUT2D eigenvalue weighted by molar-refractivity contribution is -0.119. The summed E-state index contributed by atoms with van der Waals surface area (Å²) >= 11 is 0. The maximum absolute atomic E-state index is 13.1. The van der Waals surface area contributed by atoms with E-state index in [0.29, 0.717) is 31.0 Å². The van der Waals surface area contributed by atoms with Crippen LogP contribution in [0.15, 0.2) is 27.4 Å². The van der Waals surface area contributed by atoms with E-state index < -0.39 is 5.63 Å². The maximum atomic E-state index is 13.1. The highest BCUT2D eigenvalue weighted by Crippen LogP contribution is 2.33. The Morgan fingerprint density at radius 1 is 1.10 bits per heavy atom. The summed E-state index contributed by atoms with van der Waals surface area (Å²) < 4.78 is 11.4. The number of hydrogen-bond acceptors (Lipinski definition) is 5. The molecule has 0 saturated carbocycles. The number of fused-ring (bicyclic) bond motifs is 3. The molecule has 0 aliphatic carbocycles. The third kappa shape index (κ3) is 4.32. The number of anilines is 1. The summed E-state index contributed by atoms with van der Waals surface area (Å²) in [6.45, 7) is 5.56. The second-order valence-electron chi connectivity index (χ2n) is 8.06. The third-order valence-electron chi connectivity index (χ3n) is 5.87. The number of rotatable bonds is 5. The van der Waals surface area contributed by atoms with Crippen molar-refractivity contribution in [3.05, 3.63) is 34.2 Å². The third-order valence-corrected chi connectivity index (χ3v) is 5.87. The van der Waals surface area contributed by atoms with E-state index in [4.69, 9.17) is 9.15 Å². The van der Waals surface area contributed by atoms with E-state index in [-0.39, 0.29) is 5.91 Å². The molecule has 0 atom stereocenters. The van der Waals surface area contributed by atoms with Crippen molar-refractivity contribution in [3.8, 4) is 5.75 Å². The Bertz CT molecular complexity index is 928. The summed E-state index contributed by atoms with van der Waals surface area (Å²) in [6.07, 6.45) is 7.27. The molecule has 156 valence electrons. The zero-order valence-corrected chi connectivity index (χ0v) is 17.2. The molecular weight excluding hydrogens is 368 g/mol. The van der Waals surface area contributed by atoms with Gasteiger partial charge < -0.3 is 14.1 Å². The standard InChI is InChI=1S/C23H30N2O4/c1-2-14-28-17-9-10-20-19(15-17)18-8-7-13-25(22(18)23(27)29-20)21(26)16-24-11-5-3-4-6-12-24/h9-10,15H,2-8,11-14,16H2,1H3. The molecule has 6 heteroatoms. The maximum Gasteiger partial charge on any atom is 0.360 e. The number of carbonyl (C=O) groups is 1. The molecule has 4 rings (SSSR count). The zero-order chi connectivity index (χ0) is 20.2. The van der Waals surface area contributed by atoms with Crippen molar-refractivity contribution in [2.45, 2.75) is 51.9 Å². The Morgan fingerprint density at radius 3 is 2.66 bits per heavy atom. The van der Waals surface area contributed by atoms with Gasteiger partial charge in [-0.15, -0.1) is 0 Å². The molecule has 2 aliphatic rings. The number of nitrogens with zero attached hydrogens (tertiary/aromatic N) is 2. The molecule has 1 saturated heterocycles. The van der Waals surface area contributed by atoms with E-state index in [1.165, 1.54) is 12.8 Å². The topological polar surface area (TPSA) is 63.0 Å². The van der Waals surface area contributed by atoms with Gasteiger partial charge in [0.1, 0.15) is 17.0 Å². The first kappa shape index (κ1) is 20.0. The highest BCUT2D eigenvalue weighted by Gasteiger charge is 2.29. The van der Waals surface area contributed by atoms with Crippen molar-refractivity contribution in [1.29, 1.82) is 0 Å². The Labute approximate surface area is 171 Å². The largest absolute Gasteiger partial charge is 0.494 e. The van der Waals surface area contributed by atoms with Crippen molar-refractivity contribution in [2.24, 2.45) is 0 Å². The molecule has 1 aromatic heterocycles. The van der Waals surface area contributed by atoms with E-state index in [1.807, 2.05) is 12.1 Å². The molecule has 2 aromatic rings. The van der Waals surface area contributed by atoms with Gasteiger partial charge in [-0.2, -0.15) is 0 Å². The quantitative estimate of drug-likeness (QED) is 0.718. The highest BCUT2D eigenvalue weighted by atomic mass is 16.5. The van der Waals surface area contributed by atoms with Crippen LogP contribution in [-0.4, -0.2) is 43.6 Å². The molecule has 0 N–H and O–H groups in total. The lowest BCUT2D eigenvalue weighted by Gasteiger charge is -2.31. The first-order valence-corrected chi connectivity index (χ1v) is 10.9. The number of benzene rings is 1. The minimum Gasteiger partial charge on any atom is -0.494 e. The Balaban J connectivity index is 1.65. The summed E-state index contributed by atoms with van der Waals surface area (Å²) in [7, 11) is 0. The number of carbonyl (C=O) groups excluding carboxylic acids is 1. The van der Waals surface area contributed by atoms with Crippen LogP contribution in [0.2, 0.25) is 0 Å². The van der Waals surface area contributed by atoms with Crippen LogP contribution in [0.4, 0.5) is 5.69 Å². The van der Waals surface area contributed by atoms with Crippen LogP contribution < -0.4 is 15.3 Å². The van der Waals surface area contributed by atoms with E-state index in [9.17, 15) is 9.59 Å². The smallest absolute Gasteiger partial charge is 0.360 e. The van der Waals surface area contributed by atoms with Crippen LogP contribution >= 0.6 is 0 Å². The van der Waals surface area contributed by atoms with Gasteiger partial charge >= 0.3 is 5.63 Å². The van der Waals surface area contributed by atoms with Gasteiger partial charge in [0.15, 0.2) is 0 Å². The van der Waals surface area contributed by atoms with E-state index >= 15 is 0 Å². The predicted octanol–water partition coefficient (Wildman–Crippen LogP) is 3.74. The highest BCUT2D eigenvalue weighted by molar-refractivity contribution is 5.98. The fourth-order valence-corrected chi connectivity index (χ4v) is 4.41. The van der Waals surface area contributed by atoms with Crippen LogP contribution in [0, 0.1) is 0 Å². The van der Waals surface area contributed by atoms with Crippen LogP contribution in [-0.2, 0) is 11.2 Å². The van der Waals surface area contributed by atoms with Crippen LogP contribution in [0.25, 0.3) is 11.0 Å². The van der Waals surface area contributed by atoms with Gasteiger partial charge in [-0.3, -0.25) is 9.69 Å². The molecule has 3 heterocycles. The van der Waals surface area contributed by atoms with Crippen LogP contribution in [0.3, 0.4) is 0 Å². The summed E-state index contributed by atoms with van der Waals surface area (Å²) in [5, 5.41) is 0.875. The number of aryl methyl sites for hydroxylation is 1. The number of ether oxygens (including phenoxy) is 1. The summed E-state index contributed by atoms with van der Waals surface area (Å²) in [5.41, 5.74) is 1.47. The molecule has 1 amide bonds. The first-order chi connectivity index (χ1) is 14.2. The van der Waals surface area contributed by atoms with Crippen molar-refractivity contribution < 1.29 is 13.9 Å². The minimum absolute atomic E-state index is 0.00196. The Hall–Kier alpha value is -2.34. The fourth-order valence-electron chi connectivity index (χ4n) is 4.41. The van der Waals surface area contributed by atoms with Crippen molar-refractivity contribution in [3.63, 3.8) is 0 Å². The SMILES string of the molecule is CCCOc1ccc2oc(=O)c3c(c2c1)CCCN3C(=O)CN1CCCCCC1. The molecule has 1 aromatic carbocycles. The van der Waals surface area contributed by atoms with E-state index in [0.717, 1.165) is 61.9 Å². The Kier molecular flexibility index (Phi) is 6.19.